The normalized spacial score (nSPS) is 10.1. The third-order valence-corrected chi connectivity index (χ3v) is 3.11. The summed E-state index contributed by atoms with van der Waals surface area (Å²) in [7, 11) is 0. The van der Waals surface area contributed by atoms with Gasteiger partial charge in [0, 0.05) is 11.6 Å². The van der Waals surface area contributed by atoms with Gasteiger partial charge in [0.25, 0.3) is 5.91 Å². The lowest BCUT2D eigenvalue weighted by Crippen LogP contribution is -2.00. The van der Waals surface area contributed by atoms with Gasteiger partial charge >= 0.3 is 0 Å². The van der Waals surface area contributed by atoms with E-state index in [1.165, 1.54) is 11.1 Å². The van der Waals surface area contributed by atoms with Crippen LogP contribution in [0, 0.1) is 11.8 Å². The minimum absolute atomic E-state index is 0.130. The number of nitroso groups, excluding NO2 is 1. The zero-order valence-corrected chi connectivity index (χ0v) is 11.9. The van der Waals surface area contributed by atoms with E-state index in [1.54, 1.807) is 0 Å². The fourth-order valence-electron chi connectivity index (χ4n) is 2.03. The molecule has 0 radical (unpaired) electrons. The largest absolute Gasteiger partial charge is 0.494 e. The van der Waals surface area contributed by atoms with Gasteiger partial charge in [0.1, 0.15) is 5.75 Å². The van der Waals surface area contributed by atoms with Gasteiger partial charge in [0.2, 0.25) is 0 Å². The van der Waals surface area contributed by atoms with Gasteiger partial charge < -0.3 is 4.74 Å². The molecular weight excluding hydrogens is 266 g/mol. The minimum Gasteiger partial charge on any atom is -0.494 e. The maximum atomic E-state index is 10.7. The van der Waals surface area contributed by atoms with Crippen molar-refractivity contribution in [3.8, 4) is 16.9 Å². The lowest BCUT2D eigenvalue weighted by molar-refractivity contribution is -0.118. The van der Waals surface area contributed by atoms with Crippen LogP contribution in [-0.2, 0) is 4.79 Å². The molecule has 0 aromatic heterocycles. The summed E-state index contributed by atoms with van der Waals surface area (Å²) in [6.07, 6.45) is 0.620. The molecule has 2 aromatic rings. The van der Waals surface area contributed by atoms with E-state index in [0.717, 1.165) is 11.3 Å². The van der Waals surface area contributed by atoms with Crippen molar-refractivity contribution in [2.75, 3.05) is 6.61 Å². The van der Waals surface area contributed by atoms with Gasteiger partial charge in [-0.1, -0.05) is 42.0 Å². The van der Waals surface area contributed by atoms with Crippen molar-refractivity contribution in [3.05, 3.63) is 59.0 Å². The van der Waals surface area contributed by atoms with Crippen LogP contribution in [0.4, 0.5) is 0 Å². The summed E-state index contributed by atoms with van der Waals surface area (Å²) in [6.45, 7) is 2.46. The number of nitrogens with zero attached hydrogens (tertiary/aromatic N) is 1. The van der Waals surface area contributed by atoms with Crippen LogP contribution in [0.25, 0.3) is 11.1 Å². The summed E-state index contributed by atoms with van der Waals surface area (Å²) >= 11 is 0. The monoisotopic (exact) mass is 283 g/mol. The van der Waals surface area contributed by atoms with E-state index in [0.29, 0.717) is 13.0 Å². The average Bonchev–Trinajstić information content (AvgIpc) is 2.52. The number of hydrogen-bond acceptors (Lipinski definition) is 3. The molecule has 0 heterocycles. The van der Waals surface area contributed by atoms with E-state index in [4.69, 9.17) is 4.74 Å². The van der Waals surface area contributed by atoms with E-state index < -0.39 is 5.91 Å². The summed E-state index contributed by atoms with van der Waals surface area (Å²) in [5, 5.41) is 2.34. The Bertz CT molecular complexity index is 620. The Morgan fingerprint density at radius 1 is 1.10 bits per heavy atom. The topological polar surface area (TPSA) is 55.7 Å². The smallest absolute Gasteiger partial charge is 0.286 e. The van der Waals surface area contributed by atoms with Gasteiger partial charge in [-0.2, -0.15) is 0 Å². The van der Waals surface area contributed by atoms with Crippen LogP contribution < -0.4 is 4.74 Å². The van der Waals surface area contributed by atoms with Crippen LogP contribution in [-0.4, -0.2) is 12.5 Å². The summed E-state index contributed by atoms with van der Waals surface area (Å²) in [5.41, 5.74) is 3.52. The molecule has 21 heavy (non-hydrogen) atoms. The van der Waals surface area contributed by atoms with Crippen molar-refractivity contribution in [1.82, 2.24) is 0 Å². The van der Waals surface area contributed by atoms with Crippen molar-refractivity contribution in [2.24, 2.45) is 5.18 Å². The Morgan fingerprint density at radius 3 is 2.52 bits per heavy atom. The summed E-state index contributed by atoms with van der Waals surface area (Å²) < 4.78 is 5.52. The molecule has 2 aromatic carbocycles. The van der Waals surface area contributed by atoms with Crippen molar-refractivity contribution in [3.63, 3.8) is 0 Å². The average molecular weight is 283 g/mol. The highest BCUT2D eigenvalue weighted by Gasteiger charge is 2.02. The number of carbonyl (C=O) groups is 1. The Hall–Kier alpha value is -2.49. The third-order valence-electron chi connectivity index (χ3n) is 3.11. The van der Waals surface area contributed by atoms with Gasteiger partial charge in [-0.05, 0) is 36.6 Å². The number of benzene rings is 2. The van der Waals surface area contributed by atoms with Gasteiger partial charge in [-0.15, -0.1) is 4.91 Å². The first-order valence-electron chi connectivity index (χ1n) is 6.85. The fourth-order valence-corrected chi connectivity index (χ4v) is 2.03. The molecule has 0 aliphatic rings. The van der Waals surface area contributed by atoms with Crippen molar-refractivity contribution in [1.29, 1.82) is 0 Å². The zero-order chi connectivity index (χ0) is 15.1. The highest BCUT2D eigenvalue weighted by molar-refractivity contribution is 5.76. The molecule has 4 heteroatoms. The van der Waals surface area contributed by atoms with Crippen molar-refractivity contribution < 1.29 is 9.53 Å². The predicted molar refractivity (Wildman–Crippen MR) is 82.1 cm³/mol. The summed E-state index contributed by atoms with van der Waals surface area (Å²) in [5.74, 6) is 0.117. The molecule has 4 nitrogen and oxygen atoms in total. The number of carbonyl (C=O) groups excluding carboxylic acids is 1. The number of hydrogen-bond donors (Lipinski definition) is 0. The summed E-state index contributed by atoms with van der Waals surface area (Å²) in [6, 6.07) is 16.1. The van der Waals surface area contributed by atoms with Crippen LogP contribution in [0.5, 0.6) is 5.75 Å². The maximum absolute atomic E-state index is 10.7. The molecule has 1 amide bonds. The lowest BCUT2D eigenvalue weighted by atomic mass is 10.0. The molecule has 0 aliphatic heterocycles. The van der Waals surface area contributed by atoms with Crippen LogP contribution in [0.15, 0.2) is 53.7 Å². The second-order valence-corrected chi connectivity index (χ2v) is 4.83. The van der Waals surface area contributed by atoms with E-state index in [1.807, 2.05) is 30.3 Å². The Balaban J connectivity index is 1.90. The Morgan fingerprint density at radius 2 is 1.86 bits per heavy atom. The number of ether oxygens (including phenoxy) is 1. The van der Waals surface area contributed by atoms with Gasteiger partial charge in [0.15, 0.2) is 0 Å². The third kappa shape index (κ3) is 4.53. The Kier molecular flexibility index (Phi) is 5.21. The Labute approximate surface area is 123 Å². The van der Waals surface area contributed by atoms with Crippen LogP contribution >= 0.6 is 0 Å². The standard InChI is InChI=1S/C17H17NO3/c1-13-4-2-5-15(12-13)14-7-9-16(10-8-14)21-11-3-6-17(19)18-20/h2,4-5,7-10,12H,3,6,11H2,1H3. The fraction of sp³-hybridized carbons (Fsp3) is 0.235. The first kappa shape index (κ1) is 14.9. The first-order chi connectivity index (χ1) is 10.2. The molecule has 2 rings (SSSR count). The predicted octanol–water partition coefficient (Wildman–Crippen LogP) is 4.11. The lowest BCUT2D eigenvalue weighted by Gasteiger charge is -2.07. The van der Waals surface area contributed by atoms with Crippen LogP contribution in [0.2, 0.25) is 0 Å². The molecule has 0 aliphatic carbocycles. The van der Waals surface area contributed by atoms with E-state index >= 15 is 0 Å². The molecule has 0 atom stereocenters. The maximum Gasteiger partial charge on any atom is 0.286 e. The van der Waals surface area contributed by atoms with Gasteiger partial charge in [-0.25, -0.2) is 0 Å². The highest BCUT2D eigenvalue weighted by Crippen LogP contribution is 2.23. The molecule has 0 spiro atoms. The van der Waals surface area contributed by atoms with Crippen molar-refractivity contribution in [2.45, 2.75) is 19.8 Å². The summed E-state index contributed by atoms with van der Waals surface area (Å²) in [4.78, 5) is 20.6. The number of aryl methyl sites for hydroxylation is 1. The molecular formula is C17H17NO3. The van der Waals surface area contributed by atoms with E-state index in [2.05, 4.69) is 30.3 Å². The highest BCUT2D eigenvalue weighted by atomic mass is 16.5. The molecule has 0 saturated heterocycles. The van der Waals surface area contributed by atoms with E-state index in [9.17, 15) is 9.70 Å². The zero-order valence-electron chi connectivity index (χ0n) is 11.9. The molecule has 0 saturated carbocycles. The molecule has 108 valence electrons. The molecule has 0 unspecified atom stereocenters. The van der Waals surface area contributed by atoms with E-state index in [-0.39, 0.29) is 6.42 Å². The molecule has 0 bridgehead atoms. The minimum atomic E-state index is -0.631. The molecule has 0 fully saturated rings. The van der Waals surface area contributed by atoms with Crippen LogP contribution in [0.1, 0.15) is 18.4 Å². The SMILES string of the molecule is Cc1cccc(-c2ccc(OCCCC(=O)N=O)cc2)c1. The van der Waals surface area contributed by atoms with Crippen LogP contribution in [0.3, 0.4) is 0 Å². The number of amides is 1. The van der Waals surface area contributed by atoms with Gasteiger partial charge in [-0.3, -0.25) is 4.79 Å². The first-order valence-corrected chi connectivity index (χ1v) is 6.85. The quantitative estimate of drug-likeness (QED) is 0.592. The van der Waals surface area contributed by atoms with Crippen molar-refractivity contribution >= 4 is 5.91 Å². The number of rotatable bonds is 6. The second-order valence-electron chi connectivity index (χ2n) is 4.83. The second kappa shape index (κ2) is 7.33. The van der Waals surface area contributed by atoms with Gasteiger partial charge in [0.05, 0.1) is 6.61 Å². The molecule has 0 N–H and O–H groups in total.